The van der Waals surface area contributed by atoms with Crippen LogP contribution in [0.2, 0.25) is 0 Å². The first kappa shape index (κ1) is 11.6. The Balaban J connectivity index is 2.45. The predicted molar refractivity (Wildman–Crippen MR) is 52.8 cm³/mol. The van der Waals surface area contributed by atoms with Gasteiger partial charge < -0.3 is 5.32 Å². The van der Waals surface area contributed by atoms with E-state index >= 15 is 0 Å². The molecule has 1 aromatic rings. The molecule has 0 spiro atoms. The maximum Gasteiger partial charge on any atom is 0.159 e. The molecule has 1 N–H and O–H groups in total. The van der Waals surface area contributed by atoms with Crippen LogP contribution in [0.15, 0.2) is 18.2 Å². The molecule has 15 heavy (non-hydrogen) atoms. The maximum absolute atomic E-state index is 12.8. The van der Waals surface area contributed by atoms with Crippen LogP contribution in [0.1, 0.15) is 12.5 Å². The van der Waals surface area contributed by atoms with Crippen molar-refractivity contribution in [2.45, 2.75) is 13.5 Å². The van der Waals surface area contributed by atoms with Gasteiger partial charge in [-0.2, -0.15) is 5.26 Å². The summed E-state index contributed by atoms with van der Waals surface area (Å²) in [7, 11) is 0. The highest BCUT2D eigenvalue weighted by Crippen LogP contribution is 2.08. The second-order valence-corrected chi connectivity index (χ2v) is 3.41. The van der Waals surface area contributed by atoms with Crippen LogP contribution >= 0.6 is 0 Å². The van der Waals surface area contributed by atoms with Crippen molar-refractivity contribution in [3.8, 4) is 6.07 Å². The third-order valence-corrected chi connectivity index (χ3v) is 1.98. The highest BCUT2D eigenvalue weighted by Gasteiger charge is 2.03. The van der Waals surface area contributed by atoms with E-state index in [1.165, 1.54) is 6.07 Å². The molecule has 0 amide bonds. The Morgan fingerprint density at radius 3 is 2.73 bits per heavy atom. The normalized spacial score (nSPS) is 12.1. The lowest BCUT2D eigenvalue weighted by Crippen LogP contribution is -2.19. The number of rotatable bonds is 4. The van der Waals surface area contributed by atoms with Crippen molar-refractivity contribution < 1.29 is 8.78 Å². The van der Waals surface area contributed by atoms with Gasteiger partial charge in [0.1, 0.15) is 0 Å². The van der Waals surface area contributed by atoms with Gasteiger partial charge in [-0.3, -0.25) is 0 Å². The number of nitrogens with one attached hydrogen (secondary N) is 1. The van der Waals surface area contributed by atoms with Crippen molar-refractivity contribution in [3.05, 3.63) is 35.4 Å². The smallest absolute Gasteiger partial charge is 0.159 e. The summed E-state index contributed by atoms with van der Waals surface area (Å²) >= 11 is 0. The van der Waals surface area contributed by atoms with Crippen LogP contribution in [0, 0.1) is 28.9 Å². The Bertz CT molecular complexity index is 371. The molecule has 1 aromatic carbocycles. The zero-order valence-corrected chi connectivity index (χ0v) is 8.43. The Morgan fingerprint density at radius 2 is 2.13 bits per heavy atom. The topological polar surface area (TPSA) is 35.8 Å². The fraction of sp³-hybridized carbons (Fsp3) is 0.364. The standard InChI is InChI=1S/C11H12F2N2/c1-8(5-14)6-15-7-9-2-3-10(12)11(13)4-9/h2-4,8,15H,6-7H2,1H3. The number of hydrogen-bond donors (Lipinski definition) is 1. The molecule has 0 aliphatic rings. The molecular formula is C11H12F2N2. The van der Waals surface area contributed by atoms with Crippen LogP contribution < -0.4 is 5.32 Å². The van der Waals surface area contributed by atoms with Gasteiger partial charge in [-0.25, -0.2) is 8.78 Å². The van der Waals surface area contributed by atoms with Gasteiger partial charge in [0, 0.05) is 13.1 Å². The quantitative estimate of drug-likeness (QED) is 0.827. The van der Waals surface area contributed by atoms with E-state index < -0.39 is 11.6 Å². The van der Waals surface area contributed by atoms with E-state index in [0.29, 0.717) is 18.7 Å². The summed E-state index contributed by atoms with van der Waals surface area (Å²) in [4.78, 5) is 0. The van der Waals surface area contributed by atoms with Crippen LogP contribution in [-0.2, 0) is 6.54 Å². The van der Waals surface area contributed by atoms with Crippen LogP contribution in [0.25, 0.3) is 0 Å². The van der Waals surface area contributed by atoms with E-state index in [0.717, 1.165) is 12.1 Å². The summed E-state index contributed by atoms with van der Waals surface area (Å²) in [6.07, 6.45) is 0. The van der Waals surface area contributed by atoms with E-state index in [4.69, 9.17) is 5.26 Å². The molecule has 2 nitrogen and oxygen atoms in total. The fourth-order valence-electron chi connectivity index (χ4n) is 1.13. The molecule has 0 aliphatic heterocycles. The summed E-state index contributed by atoms with van der Waals surface area (Å²) in [6, 6.07) is 5.84. The number of nitrogens with zero attached hydrogens (tertiary/aromatic N) is 1. The largest absolute Gasteiger partial charge is 0.311 e. The number of hydrogen-bond acceptors (Lipinski definition) is 2. The first-order valence-electron chi connectivity index (χ1n) is 4.67. The van der Waals surface area contributed by atoms with Gasteiger partial charge in [0.15, 0.2) is 11.6 Å². The minimum atomic E-state index is -0.845. The molecule has 4 heteroatoms. The maximum atomic E-state index is 12.8. The average molecular weight is 210 g/mol. The molecule has 1 rings (SSSR count). The molecule has 0 radical (unpaired) electrons. The summed E-state index contributed by atoms with van der Waals surface area (Å²) in [5.74, 6) is -1.78. The molecule has 0 saturated heterocycles. The molecule has 1 unspecified atom stereocenters. The van der Waals surface area contributed by atoms with Crippen LogP contribution in [0.5, 0.6) is 0 Å². The Kier molecular flexibility index (Phi) is 4.19. The summed E-state index contributed by atoms with van der Waals surface area (Å²) in [5.41, 5.74) is 0.666. The Labute approximate surface area is 87.5 Å². The van der Waals surface area contributed by atoms with Crippen LogP contribution in [0.4, 0.5) is 8.78 Å². The van der Waals surface area contributed by atoms with Gasteiger partial charge in [-0.05, 0) is 24.6 Å². The minimum Gasteiger partial charge on any atom is -0.311 e. The SMILES string of the molecule is CC(C#N)CNCc1ccc(F)c(F)c1. The molecule has 0 heterocycles. The third-order valence-electron chi connectivity index (χ3n) is 1.98. The number of benzene rings is 1. The summed E-state index contributed by atoms with van der Waals surface area (Å²) in [6.45, 7) is 2.76. The van der Waals surface area contributed by atoms with E-state index in [1.807, 2.05) is 0 Å². The van der Waals surface area contributed by atoms with Gasteiger partial charge in [0.25, 0.3) is 0 Å². The van der Waals surface area contributed by atoms with Gasteiger partial charge in [0.2, 0.25) is 0 Å². The van der Waals surface area contributed by atoms with Crippen molar-refractivity contribution in [3.63, 3.8) is 0 Å². The molecule has 1 atom stereocenters. The molecular weight excluding hydrogens is 198 g/mol. The van der Waals surface area contributed by atoms with Crippen molar-refractivity contribution in [2.24, 2.45) is 5.92 Å². The molecule has 0 saturated carbocycles. The predicted octanol–water partition coefficient (Wildman–Crippen LogP) is 2.21. The van der Waals surface area contributed by atoms with Crippen molar-refractivity contribution in [1.29, 1.82) is 5.26 Å². The van der Waals surface area contributed by atoms with Gasteiger partial charge >= 0.3 is 0 Å². The number of halogens is 2. The molecule has 0 aliphatic carbocycles. The molecule has 0 fully saturated rings. The van der Waals surface area contributed by atoms with E-state index in [-0.39, 0.29) is 5.92 Å². The summed E-state index contributed by atoms with van der Waals surface area (Å²) < 4.78 is 25.3. The lowest BCUT2D eigenvalue weighted by atomic mass is 10.2. The first-order chi connectivity index (χ1) is 7.13. The lowest BCUT2D eigenvalue weighted by molar-refractivity contribution is 0.505. The monoisotopic (exact) mass is 210 g/mol. The Hall–Kier alpha value is -1.47. The van der Waals surface area contributed by atoms with Crippen LogP contribution in [-0.4, -0.2) is 6.54 Å². The summed E-state index contributed by atoms with van der Waals surface area (Å²) in [5, 5.41) is 11.5. The second kappa shape index (κ2) is 5.42. The van der Waals surface area contributed by atoms with Crippen LogP contribution in [0.3, 0.4) is 0 Å². The average Bonchev–Trinajstić information content (AvgIpc) is 2.23. The Morgan fingerprint density at radius 1 is 1.40 bits per heavy atom. The molecule has 0 aromatic heterocycles. The zero-order chi connectivity index (χ0) is 11.3. The van der Waals surface area contributed by atoms with E-state index in [2.05, 4.69) is 11.4 Å². The van der Waals surface area contributed by atoms with Gasteiger partial charge in [-0.1, -0.05) is 6.07 Å². The van der Waals surface area contributed by atoms with Gasteiger partial charge in [0.05, 0.1) is 12.0 Å². The van der Waals surface area contributed by atoms with E-state index in [1.54, 1.807) is 6.92 Å². The van der Waals surface area contributed by atoms with Crippen molar-refractivity contribution >= 4 is 0 Å². The van der Waals surface area contributed by atoms with Gasteiger partial charge in [-0.15, -0.1) is 0 Å². The van der Waals surface area contributed by atoms with Crippen molar-refractivity contribution in [2.75, 3.05) is 6.54 Å². The highest BCUT2D eigenvalue weighted by molar-refractivity contribution is 5.17. The molecule has 80 valence electrons. The third kappa shape index (κ3) is 3.64. The fourth-order valence-corrected chi connectivity index (χ4v) is 1.13. The second-order valence-electron chi connectivity index (χ2n) is 3.41. The highest BCUT2D eigenvalue weighted by atomic mass is 19.2. The number of nitriles is 1. The first-order valence-corrected chi connectivity index (χ1v) is 4.67. The van der Waals surface area contributed by atoms with E-state index in [9.17, 15) is 8.78 Å². The lowest BCUT2D eigenvalue weighted by Gasteiger charge is -2.06. The molecule has 0 bridgehead atoms. The van der Waals surface area contributed by atoms with Crippen molar-refractivity contribution in [1.82, 2.24) is 5.32 Å². The zero-order valence-electron chi connectivity index (χ0n) is 8.43. The minimum absolute atomic E-state index is 0.0877.